The Morgan fingerprint density at radius 3 is 2.30 bits per heavy atom. The van der Waals surface area contributed by atoms with Gasteiger partial charge in [0.05, 0.1) is 18.2 Å². The lowest BCUT2D eigenvalue weighted by Crippen LogP contribution is -2.33. The maximum atomic E-state index is 13.0. The summed E-state index contributed by atoms with van der Waals surface area (Å²) in [6, 6.07) is 23.5. The predicted octanol–water partition coefficient (Wildman–Crippen LogP) is 4.17. The van der Waals surface area contributed by atoms with Gasteiger partial charge >= 0.3 is 0 Å². The van der Waals surface area contributed by atoms with E-state index in [1.54, 1.807) is 36.4 Å². The van der Waals surface area contributed by atoms with Gasteiger partial charge in [0, 0.05) is 23.1 Å². The monoisotopic (exact) mass is 357 g/mol. The third-order valence-electron chi connectivity index (χ3n) is 4.72. The average molecular weight is 357 g/mol. The first-order chi connectivity index (χ1) is 13.2. The third-order valence-corrected chi connectivity index (χ3v) is 4.72. The number of nitrogens with one attached hydrogen (secondary N) is 1. The minimum absolute atomic E-state index is 0.137. The molecule has 0 unspecified atom stereocenters. The second-order valence-corrected chi connectivity index (χ2v) is 6.44. The molecule has 27 heavy (non-hydrogen) atoms. The van der Waals surface area contributed by atoms with Gasteiger partial charge in [-0.05, 0) is 12.1 Å². The normalized spacial score (nSPS) is 15.3. The van der Waals surface area contributed by atoms with E-state index < -0.39 is 0 Å². The highest BCUT2D eigenvalue weighted by molar-refractivity contribution is 6.15. The maximum Gasteiger partial charge on any atom is 0.252 e. The van der Waals surface area contributed by atoms with Crippen LogP contribution in [0.25, 0.3) is 0 Å². The molecule has 3 aromatic rings. The van der Waals surface area contributed by atoms with Gasteiger partial charge in [-0.25, -0.2) is 0 Å². The molecular formula is C23H19NO3. The van der Waals surface area contributed by atoms with Crippen LogP contribution in [0.5, 0.6) is 5.75 Å². The number of ether oxygens (including phenoxy) is 1. The largest absolute Gasteiger partial charge is 0.493 e. The van der Waals surface area contributed by atoms with Crippen molar-refractivity contribution in [3.8, 4) is 5.75 Å². The zero-order chi connectivity index (χ0) is 18.6. The summed E-state index contributed by atoms with van der Waals surface area (Å²) >= 11 is 0. The fourth-order valence-electron chi connectivity index (χ4n) is 3.35. The minimum Gasteiger partial charge on any atom is -0.493 e. The molecule has 0 radical (unpaired) electrons. The van der Waals surface area contributed by atoms with E-state index in [1.165, 1.54) is 0 Å². The van der Waals surface area contributed by atoms with Crippen LogP contribution < -0.4 is 10.1 Å². The molecular weight excluding hydrogens is 338 g/mol. The van der Waals surface area contributed by atoms with Crippen LogP contribution in [0.1, 0.15) is 44.3 Å². The average Bonchev–Trinajstić information content (AvgIpc) is 2.74. The number of carbonyl (C=O) groups is 2. The number of amides is 1. The molecule has 1 aliphatic heterocycles. The van der Waals surface area contributed by atoms with Crippen molar-refractivity contribution < 1.29 is 14.3 Å². The van der Waals surface area contributed by atoms with Crippen LogP contribution in [0.2, 0.25) is 0 Å². The number of hydrogen-bond donors (Lipinski definition) is 1. The molecule has 3 aromatic carbocycles. The van der Waals surface area contributed by atoms with Crippen LogP contribution in [0.4, 0.5) is 0 Å². The van der Waals surface area contributed by atoms with Crippen molar-refractivity contribution >= 4 is 11.7 Å². The van der Waals surface area contributed by atoms with Gasteiger partial charge < -0.3 is 10.1 Å². The predicted molar refractivity (Wildman–Crippen MR) is 103 cm³/mol. The minimum atomic E-state index is -0.253. The Morgan fingerprint density at radius 1 is 0.815 bits per heavy atom. The van der Waals surface area contributed by atoms with Gasteiger partial charge in [-0.3, -0.25) is 9.59 Å². The Morgan fingerprint density at radius 2 is 1.48 bits per heavy atom. The molecule has 4 heteroatoms. The van der Waals surface area contributed by atoms with Gasteiger partial charge in [-0.1, -0.05) is 66.7 Å². The Balaban J connectivity index is 1.62. The fraction of sp³-hybridized carbons (Fsp3) is 0.130. The molecule has 1 heterocycles. The van der Waals surface area contributed by atoms with Crippen molar-refractivity contribution in [2.45, 2.75) is 12.5 Å². The first-order valence-corrected chi connectivity index (χ1v) is 8.95. The first-order valence-electron chi connectivity index (χ1n) is 8.95. The number of rotatable bonds is 4. The smallest absolute Gasteiger partial charge is 0.252 e. The van der Waals surface area contributed by atoms with E-state index in [0.29, 0.717) is 29.7 Å². The molecule has 0 bridgehead atoms. The standard InChI is InChI=1S/C23H19NO3/c25-22(16-8-2-1-3-9-16)17-10-4-5-11-18(17)23(26)24-20-14-15-27-21-13-7-6-12-19(20)21/h1-13,20H,14-15H2,(H,24,26)/t20-/m0/s1. The van der Waals surface area contributed by atoms with E-state index in [-0.39, 0.29) is 17.7 Å². The first kappa shape index (κ1) is 17.0. The molecule has 0 aliphatic carbocycles. The highest BCUT2D eigenvalue weighted by Crippen LogP contribution is 2.31. The van der Waals surface area contributed by atoms with Crippen LogP contribution >= 0.6 is 0 Å². The van der Waals surface area contributed by atoms with Crippen molar-refractivity contribution in [1.29, 1.82) is 0 Å². The third kappa shape index (κ3) is 3.47. The second-order valence-electron chi connectivity index (χ2n) is 6.44. The Hall–Kier alpha value is -3.40. The molecule has 1 atom stereocenters. The molecule has 1 amide bonds. The Bertz CT molecular complexity index is 982. The van der Waals surface area contributed by atoms with Crippen LogP contribution in [-0.4, -0.2) is 18.3 Å². The summed E-state index contributed by atoms with van der Waals surface area (Å²) in [4.78, 5) is 25.8. The highest BCUT2D eigenvalue weighted by Gasteiger charge is 2.25. The Labute approximate surface area is 157 Å². The fourth-order valence-corrected chi connectivity index (χ4v) is 3.35. The molecule has 1 N–H and O–H groups in total. The molecule has 0 saturated carbocycles. The van der Waals surface area contributed by atoms with Crippen molar-refractivity contribution in [1.82, 2.24) is 5.32 Å². The van der Waals surface area contributed by atoms with Gasteiger partial charge in [0.25, 0.3) is 5.91 Å². The van der Waals surface area contributed by atoms with Crippen LogP contribution in [0.15, 0.2) is 78.9 Å². The lowest BCUT2D eigenvalue weighted by atomic mass is 9.96. The molecule has 0 aromatic heterocycles. The van der Waals surface area contributed by atoms with Crippen LogP contribution in [0.3, 0.4) is 0 Å². The van der Waals surface area contributed by atoms with E-state index in [4.69, 9.17) is 4.74 Å². The van der Waals surface area contributed by atoms with Gasteiger partial charge in [-0.2, -0.15) is 0 Å². The summed E-state index contributed by atoms with van der Waals surface area (Å²) in [7, 11) is 0. The zero-order valence-corrected chi connectivity index (χ0v) is 14.7. The van der Waals surface area contributed by atoms with Crippen molar-refractivity contribution in [3.05, 3.63) is 101 Å². The number of hydrogen-bond acceptors (Lipinski definition) is 3. The summed E-state index contributed by atoms with van der Waals surface area (Å²) in [5.74, 6) is 0.382. The lowest BCUT2D eigenvalue weighted by Gasteiger charge is -2.26. The van der Waals surface area contributed by atoms with Gasteiger partial charge in [0.2, 0.25) is 0 Å². The molecule has 134 valence electrons. The van der Waals surface area contributed by atoms with Gasteiger partial charge in [0.1, 0.15) is 5.75 Å². The molecule has 4 nitrogen and oxygen atoms in total. The van der Waals surface area contributed by atoms with E-state index in [1.807, 2.05) is 42.5 Å². The molecule has 4 rings (SSSR count). The second kappa shape index (κ2) is 7.46. The number of fused-ring (bicyclic) bond motifs is 1. The molecule has 0 saturated heterocycles. The topological polar surface area (TPSA) is 55.4 Å². The van der Waals surface area contributed by atoms with Gasteiger partial charge in [-0.15, -0.1) is 0 Å². The van der Waals surface area contributed by atoms with Crippen molar-refractivity contribution in [3.63, 3.8) is 0 Å². The van der Waals surface area contributed by atoms with E-state index >= 15 is 0 Å². The summed E-state index contributed by atoms with van der Waals surface area (Å²) < 4.78 is 5.66. The van der Waals surface area contributed by atoms with E-state index in [0.717, 1.165) is 11.3 Å². The lowest BCUT2D eigenvalue weighted by molar-refractivity contribution is 0.0915. The van der Waals surface area contributed by atoms with Crippen molar-refractivity contribution in [2.75, 3.05) is 6.61 Å². The summed E-state index contributed by atoms with van der Waals surface area (Å²) in [5.41, 5.74) is 2.31. The van der Waals surface area contributed by atoms with Crippen LogP contribution in [-0.2, 0) is 0 Å². The SMILES string of the molecule is O=C(N[C@H]1CCOc2ccccc21)c1ccccc1C(=O)c1ccccc1. The highest BCUT2D eigenvalue weighted by atomic mass is 16.5. The van der Waals surface area contributed by atoms with E-state index in [2.05, 4.69) is 5.32 Å². The Kier molecular flexibility index (Phi) is 4.71. The summed E-state index contributed by atoms with van der Waals surface area (Å²) in [6.07, 6.45) is 0.692. The quantitative estimate of drug-likeness (QED) is 0.713. The zero-order valence-electron chi connectivity index (χ0n) is 14.7. The molecule has 0 spiro atoms. The molecule has 1 aliphatic rings. The number of para-hydroxylation sites is 1. The van der Waals surface area contributed by atoms with E-state index in [9.17, 15) is 9.59 Å². The molecule has 0 fully saturated rings. The van der Waals surface area contributed by atoms with Crippen LogP contribution in [0, 0.1) is 0 Å². The van der Waals surface area contributed by atoms with Gasteiger partial charge in [0.15, 0.2) is 5.78 Å². The van der Waals surface area contributed by atoms with Crippen molar-refractivity contribution in [2.24, 2.45) is 0 Å². The number of benzene rings is 3. The summed E-state index contributed by atoms with van der Waals surface area (Å²) in [6.45, 7) is 0.548. The number of ketones is 1. The maximum absolute atomic E-state index is 13.0. The summed E-state index contributed by atoms with van der Waals surface area (Å²) in [5, 5.41) is 3.07. The number of carbonyl (C=O) groups excluding carboxylic acids is 2.